The lowest BCUT2D eigenvalue weighted by Crippen LogP contribution is -2.50. The Morgan fingerprint density at radius 2 is 2.24 bits per heavy atom. The molecule has 0 spiro atoms. The molecule has 1 saturated heterocycles. The normalized spacial score (nSPS) is 18.4. The molecule has 0 aliphatic carbocycles. The SMILES string of the molecule is COc1ccccc1C(=O)N(C)CC1CCN1. The summed E-state index contributed by atoms with van der Waals surface area (Å²) in [5, 5.41) is 3.29. The van der Waals surface area contributed by atoms with E-state index in [4.69, 9.17) is 4.74 Å². The zero-order valence-electron chi connectivity index (χ0n) is 10.3. The lowest BCUT2D eigenvalue weighted by molar-refractivity contribution is 0.0763. The van der Waals surface area contributed by atoms with Gasteiger partial charge in [-0.05, 0) is 25.1 Å². The molecule has 1 amide bonds. The van der Waals surface area contributed by atoms with Gasteiger partial charge in [0.15, 0.2) is 0 Å². The van der Waals surface area contributed by atoms with E-state index in [1.807, 2.05) is 25.2 Å². The number of ether oxygens (including phenoxy) is 1. The molecular weight excluding hydrogens is 216 g/mol. The third-order valence-corrected chi connectivity index (χ3v) is 3.10. The zero-order chi connectivity index (χ0) is 12.3. The minimum atomic E-state index is 0.0103. The van der Waals surface area contributed by atoms with E-state index in [1.165, 1.54) is 0 Å². The van der Waals surface area contributed by atoms with Crippen LogP contribution in [0.15, 0.2) is 24.3 Å². The van der Waals surface area contributed by atoms with Crippen LogP contribution in [0.3, 0.4) is 0 Å². The second-order valence-electron chi connectivity index (χ2n) is 4.33. The molecular formula is C13H18N2O2. The monoisotopic (exact) mass is 234 g/mol. The van der Waals surface area contributed by atoms with Crippen LogP contribution < -0.4 is 10.1 Å². The maximum Gasteiger partial charge on any atom is 0.257 e. The van der Waals surface area contributed by atoms with E-state index in [-0.39, 0.29) is 5.91 Å². The van der Waals surface area contributed by atoms with Gasteiger partial charge in [0, 0.05) is 19.6 Å². The van der Waals surface area contributed by atoms with Crippen LogP contribution in [0.5, 0.6) is 5.75 Å². The highest BCUT2D eigenvalue weighted by atomic mass is 16.5. The minimum absolute atomic E-state index is 0.0103. The number of nitrogens with zero attached hydrogens (tertiary/aromatic N) is 1. The summed E-state index contributed by atoms with van der Waals surface area (Å²) < 4.78 is 5.20. The Hall–Kier alpha value is -1.55. The number of hydrogen-bond donors (Lipinski definition) is 1. The molecule has 0 bridgehead atoms. The van der Waals surface area contributed by atoms with Crippen molar-refractivity contribution < 1.29 is 9.53 Å². The molecule has 4 heteroatoms. The number of hydrogen-bond acceptors (Lipinski definition) is 3. The van der Waals surface area contributed by atoms with Crippen molar-refractivity contribution in [3.05, 3.63) is 29.8 Å². The maximum atomic E-state index is 12.2. The first-order valence-electron chi connectivity index (χ1n) is 5.84. The van der Waals surface area contributed by atoms with Crippen LogP contribution in [-0.2, 0) is 0 Å². The molecule has 0 saturated carbocycles. The maximum absolute atomic E-state index is 12.2. The van der Waals surface area contributed by atoms with Gasteiger partial charge in [0.1, 0.15) is 5.75 Å². The molecule has 1 aromatic rings. The van der Waals surface area contributed by atoms with Crippen molar-refractivity contribution in [2.24, 2.45) is 0 Å². The number of likely N-dealkylation sites (N-methyl/N-ethyl adjacent to an activating group) is 1. The van der Waals surface area contributed by atoms with E-state index in [0.29, 0.717) is 17.4 Å². The largest absolute Gasteiger partial charge is 0.496 e. The third-order valence-electron chi connectivity index (χ3n) is 3.10. The Kier molecular flexibility index (Phi) is 3.64. The van der Waals surface area contributed by atoms with E-state index >= 15 is 0 Å². The Morgan fingerprint density at radius 1 is 1.53 bits per heavy atom. The minimum Gasteiger partial charge on any atom is -0.496 e. The van der Waals surface area contributed by atoms with Gasteiger partial charge in [0.2, 0.25) is 0 Å². The topological polar surface area (TPSA) is 41.6 Å². The number of benzene rings is 1. The highest BCUT2D eigenvalue weighted by molar-refractivity contribution is 5.96. The van der Waals surface area contributed by atoms with E-state index in [0.717, 1.165) is 19.5 Å². The number of nitrogens with one attached hydrogen (secondary N) is 1. The number of carbonyl (C=O) groups excluding carboxylic acids is 1. The van der Waals surface area contributed by atoms with E-state index in [9.17, 15) is 4.79 Å². The Bertz CT molecular complexity index is 402. The van der Waals surface area contributed by atoms with Gasteiger partial charge < -0.3 is 15.0 Å². The first kappa shape index (κ1) is 11.9. The number of rotatable bonds is 4. The lowest BCUT2D eigenvalue weighted by Gasteiger charge is -2.31. The van der Waals surface area contributed by atoms with Crippen LogP contribution in [0.1, 0.15) is 16.8 Å². The average Bonchev–Trinajstić information content (AvgIpc) is 2.32. The van der Waals surface area contributed by atoms with Crippen molar-refractivity contribution in [3.63, 3.8) is 0 Å². The van der Waals surface area contributed by atoms with Crippen molar-refractivity contribution >= 4 is 5.91 Å². The molecule has 1 aromatic carbocycles. The first-order valence-corrected chi connectivity index (χ1v) is 5.84. The summed E-state index contributed by atoms with van der Waals surface area (Å²) in [5.41, 5.74) is 0.622. The number of carbonyl (C=O) groups is 1. The number of amides is 1. The van der Waals surface area contributed by atoms with Crippen molar-refractivity contribution in [2.75, 3.05) is 27.2 Å². The van der Waals surface area contributed by atoms with Gasteiger partial charge in [-0.2, -0.15) is 0 Å². The van der Waals surface area contributed by atoms with Gasteiger partial charge in [-0.3, -0.25) is 4.79 Å². The van der Waals surface area contributed by atoms with Crippen LogP contribution >= 0.6 is 0 Å². The molecule has 4 nitrogen and oxygen atoms in total. The quantitative estimate of drug-likeness (QED) is 0.849. The average molecular weight is 234 g/mol. The second-order valence-corrected chi connectivity index (χ2v) is 4.33. The fourth-order valence-electron chi connectivity index (χ4n) is 1.94. The number of methoxy groups -OCH3 is 1. The van der Waals surface area contributed by atoms with Crippen molar-refractivity contribution in [3.8, 4) is 5.75 Å². The van der Waals surface area contributed by atoms with E-state index in [2.05, 4.69) is 5.32 Å². The van der Waals surface area contributed by atoms with Crippen LogP contribution in [0, 0.1) is 0 Å². The smallest absolute Gasteiger partial charge is 0.257 e. The third kappa shape index (κ3) is 2.58. The predicted molar refractivity (Wildman–Crippen MR) is 66.4 cm³/mol. The predicted octanol–water partition coefficient (Wildman–Crippen LogP) is 1.13. The summed E-state index contributed by atoms with van der Waals surface area (Å²) in [6.45, 7) is 1.80. The molecule has 1 N–H and O–H groups in total. The van der Waals surface area contributed by atoms with Gasteiger partial charge in [-0.25, -0.2) is 0 Å². The Balaban J connectivity index is 2.06. The summed E-state index contributed by atoms with van der Waals surface area (Å²) in [5.74, 6) is 0.641. The van der Waals surface area contributed by atoms with E-state index in [1.54, 1.807) is 18.1 Å². The standard InChI is InChI=1S/C13H18N2O2/c1-15(9-10-7-8-14-10)13(16)11-5-3-4-6-12(11)17-2/h3-6,10,14H,7-9H2,1-2H3. The molecule has 1 aliphatic rings. The highest BCUT2D eigenvalue weighted by Crippen LogP contribution is 2.19. The first-order chi connectivity index (χ1) is 8.22. The fraction of sp³-hybridized carbons (Fsp3) is 0.462. The van der Waals surface area contributed by atoms with Gasteiger partial charge in [-0.1, -0.05) is 12.1 Å². The van der Waals surface area contributed by atoms with Gasteiger partial charge in [0.05, 0.1) is 12.7 Å². The molecule has 17 heavy (non-hydrogen) atoms. The molecule has 92 valence electrons. The summed E-state index contributed by atoms with van der Waals surface area (Å²) in [4.78, 5) is 14.0. The van der Waals surface area contributed by atoms with Gasteiger partial charge >= 0.3 is 0 Å². The van der Waals surface area contributed by atoms with Gasteiger partial charge in [-0.15, -0.1) is 0 Å². The van der Waals surface area contributed by atoms with Gasteiger partial charge in [0.25, 0.3) is 5.91 Å². The summed E-state index contributed by atoms with van der Waals surface area (Å²) in [7, 11) is 3.41. The van der Waals surface area contributed by atoms with Crippen LogP contribution in [-0.4, -0.2) is 44.1 Å². The van der Waals surface area contributed by atoms with Crippen molar-refractivity contribution in [2.45, 2.75) is 12.5 Å². The Labute approximate surface area is 102 Å². The Morgan fingerprint density at radius 3 is 2.82 bits per heavy atom. The second kappa shape index (κ2) is 5.19. The summed E-state index contributed by atoms with van der Waals surface area (Å²) in [6, 6.07) is 7.77. The molecule has 0 radical (unpaired) electrons. The fourth-order valence-corrected chi connectivity index (χ4v) is 1.94. The lowest BCUT2D eigenvalue weighted by atomic mass is 10.1. The van der Waals surface area contributed by atoms with Crippen LogP contribution in [0.4, 0.5) is 0 Å². The summed E-state index contributed by atoms with van der Waals surface area (Å²) in [6.07, 6.45) is 1.14. The molecule has 0 aromatic heterocycles. The molecule has 1 atom stereocenters. The molecule has 1 unspecified atom stereocenters. The van der Waals surface area contributed by atoms with Crippen molar-refractivity contribution in [1.82, 2.24) is 10.2 Å². The summed E-state index contributed by atoms with van der Waals surface area (Å²) >= 11 is 0. The van der Waals surface area contributed by atoms with E-state index < -0.39 is 0 Å². The zero-order valence-corrected chi connectivity index (χ0v) is 10.3. The van der Waals surface area contributed by atoms with Crippen LogP contribution in [0.2, 0.25) is 0 Å². The van der Waals surface area contributed by atoms with Crippen LogP contribution in [0.25, 0.3) is 0 Å². The number of para-hydroxylation sites is 1. The highest BCUT2D eigenvalue weighted by Gasteiger charge is 2.22. The molecule has 1 heterocycles. The van der Waals surface area contributed by atoms with Crippen molar-refractivity contribution in [1.29, 1.82) is 0 Å². The molecule has 1 aliphatic heterocycles. The molecule has 1 fully saturated rings. The molecule has 2 rings (SSSR count).